The zero-order valence-electron chi connectivity index (χ0n) is 16.0. The molecule has 146 valence electrons. The first kappa shape index (κ1) is 23.6. The Morgan fingerprint density at radius 1 is 0.840 bits per heavy atom. The molecule has 25 heavy (non-hydrogen) atoms. The molecular weight excluding hydrogens is 318 g/mol. The molecule has 0 rings (SSSR count). The Balaban J connectivity index is 3.64. The molecule has 0 fully saturated rings. The highest BCUT2D eigenvalue weighted by molar-refractivity contribution is 5.66. The number of aliphatic carboxylic acids is 1. The van der Waals surface area contributed by atoms with E-state index in [0.717, 1.165) is 57.8 Å². The average Bonchev–Trinajstić information content (AvgIpc) is 2.57. The van der Waals surface area contributed by atoms with E-state index in [9.17, 15) is 14.9 Å². The maximum absolute atomic E-state index is 11.1. The predicted octanol–water partition coefficient (Wildman–Crippen LogP) is 6.49. The molecule has 0 aliphatic rings. The Bertz CT molecular complexity index is 380. The molecule has 5 nitrogen and oxygen atoms in total. The van der Waals surface area contributed by atoms with Crippen LogP contribution >= 0.6 is 0 Å². The zero-order chi connectivity index (χ0) is 18.8. The Morgan fingerprint density at radius 2 is 1.32 bits per heavy atom. The SMILES string of the molecule is CCCCCCCCC=C(CCCCCCCCCC(=O)O)[N+](=O)[O-]. The summed E-state index contributed by atoms with van der Waals surface area (Å²) in [4.78, 5) is 21.3. The third-order valence-electron chi connectivity index (χ3n) is 4.50. The van der Waals surface area contributed by atoms with Gasteiger partial charge in [-0.05, 0) is 31.8 Å². The van der Waals surface area contributed by atoms with Gasteiger partial charge in [0, 0.05) is 12.8 Å². The number of allylic oxidation sites excluding steroid dienone is 2. The van der Waals surface area contributed by atoms with Crippen LogP contribution in [0.4, 0.5) is 0 Å². The van der Waals surface area contributed by atoms with Crippen LogP contribution in [0.15, 0.2) is 11.8 Å². The minimum atomic E-state index is -0.722. The molecule has 0 saturated heterocycles. The van der Waals surface area contributed by atoms with Gasteiger partial charge < -0.3 is 5.11 Å². The quantitative estimate of drug-likeness (QED) is 0.173. The van der Waals surface area contributed by atoms with E-state index < -0.39 is 5.97 Å². The third-order valence-corrected chi connectivity index (χ3v) is 4.50. The first-order chi connectivity index (χ1) is 12.1. The van der Waals surface area contributed by atoms with Crippen molar-refractivity contribution in [1.29, 1.82) is 0 Å². The highest BCUT2D eigenvalue weighted by Crippen LogP contribution is 2.15. The van der Waals surface area contributed by atoms with Crippen LogP contribution in [0.5, 0.6) is 0 Å². The Morgan fingerprint density at radius 3 is 1.84 bits per heavy atom. The molecule has 0 aromatic rings. The van der Waals surface area contributed by atoms with Gasteiger partial charge in [0.1, 0.15) is 0 Å². The van der Waals surface area contributed by atoms with Crippen LogP contribution in [0, 0.1) is 10.1 Å². The normalized spacial score (nSPS) is 11.6. The van der Waals surface area contributed by atoms with Crippen molar-refractivity contribution >= 4 is 5.97 Å². The smallest absolute Gasteiger partial charge is 0.303 e. The summed E-state index contributed by atoms with van der Waals surface area (Å²) < 4.78 is 0. The van der Waals surface area contributed by atoms with Gasteiger partial charge in [-0.2, -0.15) is 0 Å². The second-order valence-electron chi connectivity index (χ2n) is 6.88. The molecule has 0 aliphatic heterocycles. The number of unbranched alkanes of at least 4 members (excludes halogenated alkanes) is 12. The lowest BCUT2D eigenvalue weighted by atomic mass is 10.1. The van der Waals surface area contributed by atoms with Gasteiger partial charge in [-0.25, -0.2) is 0 Å². The summed E-state index contributed by atoms with van der Waals surface area (Å²) in [5.74, 6) is -0.722. The minimum Gasteiger partial charge on any atom is -0.481 e. The Labute approximate surface area is 153 Å². The molecule has 0 aromatic carbocycles. The topological polar surface area (TPSA) is 80.4 Å². The van der Waals surface area contributed by atoms with Crippen molar-refractivity contribution in [2.24, 2.45) is 0 Å². The minimum absolute atomic E-state index is 0.219. The molecule has 0 aliphatic carbocycles. The van der Waals surface area contributed by atoms with Crippen LogP contribution in [0.1, 0.15) is 110 Å². The maximum Gasteiger partial charge on any atom is 0.303 e. The molecule has 0 heterocycles. The molecule has 0 radical (unpaired) electrons. The van der Waals surface area contributed by atoms with E-state index >= 15 is 0 Å². The monoisotopic (exact) mass is 355 g/mol. The van der Waals surface area contributed by atoms with Gasteiger partial charge in [-0.15, -0.1) is 0 Å². The molecule has 0 aromatic heterocycles. The number of hydrogen-bond acceptors (Lipinski definition) is 3. The molecule has 0 spiro atoms. The van der Waals surface area contributed by atoms with Crippen LogP contribution in [-0.2, 0) is 4.79 Å². The summed E-state index contributed by atoms with van der Waals surface area (Å²) in [5.41, 5.74) is 0.384. The predicted molar refractivity (Wildman–Crippen MR) is 102 cm³/mol. The van der Waals surface area contributed by atoms with Gasteiger partial charge in [0.15, 0.2) is 0 Å². The molecule has 0 bridgehead atoms. The van der Waals surface area contributed by atoms with E-state index in [2.05, 4.69) is 6.92 Å². The molecule has 1 N–H and O–H groups in total. The second-order valence-corrected chi connectivity index (χ2v) is 6.88. The molecule has 0 saturated carbocycles. The number of rotatable bonds is 18. The summed E-state index contributed by atoms with van der Waals surface area (Å²) in [7, 11) is 0. The molecule has 0 amide bonds. The van der Waals surface area contributed by atoms with Crippen LogP contribution < -0.4 is 0 Å². The van der Waals surface area contributed by atoms with Crippen molar-refractivity contribution in [2.45, 2.75) is 110 Å². The van der Waals surface area contributed by atoms with Gasteiger partial charge in [-0.1, -0.05) is 71.1 Å². The van der Waals surface area contributed by atoms with Gasteiger partial charge in [-0.3, -0.25) is 14.9 Å². The number of nitro groups is 1. The van der Waals surface area contributed by atoms with Gasteiger partial charge in [0.2, 0.25) is 5.70 Å². The lowest BCUT2D eigenvalue weighted by molar-refractivity contribution is -0.428. The Hall–Kier alpha value is -1.39. The van der Waals surface area contributed by atoms with Crippen molar-refractivity contribution in [3.05, 3.63) is 21.9 Å². The third kappa shape index (κ3) is 17.2. The highest BCUT2D eigenvalue weighted by Gasteiger charge is 2.09. The van der Waals surface area contributed by atoms with Crippen molar-refractivity contribution in [3.8, 4) is 0 Å². The van der Waals surface area contributed by atoms with Gasteiger partial charge in [0.05, 0.1) is 4.92 Å². The second kappa shape index (κ2) is 17.4. The average molecular weight is 356 g/mol. The van der Waals surface area contributed by atoms with Crippen molar-refractivity contribution in [2.75, 3.05) is 0 Å². The number of carbonyl (C=O) groups is 1. The standard InChI is InChI=1S/C20H37NO4/c1-2-3-4-5-7-10-13-16-19(21(24)25)17-14-11-8-6-9-12-15-18-20(22)23/h16H,2-15,17-18H2,1H3,(H,22,23). The number of carboxylic acid groups (broad SMARTS) is 1. The van der Waals surface area contributed by atoms with E-state index in [4.69, 9.17) is 5.11 Å². The van der Waals surface area contributed by atoms with E-state index in [1.807, 2.05) is 6.08 Å². The van der Waals surface area contributed by atoms with Gasteiger partial charge in [0.25, 0.3) is 0 Å². The van der Waals surface area contributed by atoms with Crippen LogP contribution in [0.3, 0.4) is 0 Å². The van der Waals surface area contributed by atoms with Crippen molar-refractivity contribution < 1.29 is 14.8 Å². The Kier molecular flexibility index (Phi) is 16.5. The summed E-state index contributed by atoms with van der Waals surface area (Å²) in [5, 5.41) is 19.6. The highest BCUT2D eigenvalue weighted by atomic mass is 16.6. The lowest BCUT2D eigenvalue weighted by Gasteiger charge is -2.02. The van der Waals surface area contributed by atoms with E-state index in [1.54, 1.807) is 0 Å². The van der Waals surface area contributed by atoms with Crippen LogP contribution in [0.2, 0.25) is 0 Å². The summed E-state index contributed by atoms with van der Waals surface area (Å²) in [6.45, 7) is 2.20. The first-order valence-corrected chi connectivity index (χ1v) is 10.1. The fourth-order valence-corrected chi connectivity index (χ4v) is 2.93. The van der Waals surface area contributed by atoms with Crippen molar-refractivity contribution in [3.63, 3.8) is 0 Å². The van der Waals surface area contributed by atoms with E-state index in [-0.39, 0.29) is 11.3 Å². The number of nitrogens with zero attached hydrogens (tertiary/aromatic N) is 1. The first-order valence-electron chi connectivity index (χ1n) is 10.1. The lowest BCUT2D eigenvalue weighted by Crippen LogP contribution is -1.99. The number of hydrogen-bond donors (Lipinski definition) is 1. The maximum atomic E-state index is 11.1. The fraction of sp³-hybridized carbons (Fsp3) is 0.850. The molecular formula is C20H37NO4. The molecule has 0 unspecified atom stereocenters. The summed E-state index contributed by atoms with van der Waals surface area (Å²) in [6.07, 6.45) is 17.6. The van der Waals surface area contributed by atoms with Crippen LogP contribution in [0.25, 0.3) is 0 Å². The van der Waals surface area contributed by atoms with Crippen molar-refractivity contribution in [1.82, 2.24) is 0 Å². The zero-order valence-corrected chi connectivity index (χ0v) is 16.0. The number of carboxylic acids is 1. The largest absolute Gasteiger partial charge is 0.481 e. The van der Waals surface area contributed by atoms with Crippen LogP contribution in [-0.4, -0.2) is 16.0 Å². The summed E-state index contributed by atoms with van der Waals surface area (Å²) >= 11 is 0. The fourth-order valence-electron chi connectivity index (χ4n) is 2.93. The van der Waals surface area contributed by atoms with E-state index in [1.165, 1.54) is 32.1 Å². The molecule has 5 heteroatoms. The van der Waals surface area contributed by atoms with Gasteiger partial charge >= 0.3 is 5.97 Å². The molecule has 0 atom stereocenters. The van der Waals surface area contributed by atoms with E-state index in [0.29, 0.717) is 12.1 Å². The summed E-state index contributed by atoms with van der Waals surface area (Å²) in [6, 6.07) is 0.